The van der Waals surface area contributed by atoms with Crippen LogP contribution in [0.1, 0.15) is 28.0 Å². The molecule has 2 heterocycles. The molecule has 2 amide bonds. The van der Waals surface area contributed by atoms with Gasteiger partial charge in [-0.3, -0.25) is 14.6 Å². The number of aryl methyl sites for hydroxylation is 2. The number of nitrogens with one attached hydrogen (secondary N) is 1. The van der Waals surface area contributed by atoms with Gasteiger partial charge in [0, 0.05) is 30.8 Å². The fraction of sp³-hybridized carbons (Fsp3) is 0.389. The summed E-state index contributed by atoms with van der Waals surface area (Å²) in [6, 6.07) is 6.95. The maximum atomic E-state index is 13.1. The van der Waals surface area contributed by atoms with E-state index in [2.05, 4.69) is 10.3 Å². The van der Waals surface area contributed by atoms with Crippen molar-refractivity contribution in [1.82, 2.24) is 15.2 Å². The van der Waals surface area contributed by atoms with Gasteiger partial charge in [0.2, 0.25) is 5.91 Å². The number of carbonyl (C=O) groups is 2. The van der Waals surface area contributed by atoms with Crippen LogP contribution in [-0.2, 0) is 4.79 Å². The van der Waals surface area contributed by atoms with Crippen LogP contribution in [0.2, 0.25) is 0 Å². The molecule has 0 radical (unpaired) electrons. The number of carbonyl (C=O) groups excluding carboxylic acids is 2. The van der Waals surface area contributed by atoms with Crippen LogP contribution in [0, 0.1) is 13.8 Å². The van der Waals surface area contributed by atoms with Crippen LogP contribution in [0.4, 0.5) is 0 Å². The van der Waals surface area contributed by atoms with E-state index in [1.54, 1.807) is 11.0 Å². The lowest BCUT2D eigenvalue weighted by molar-refractivity contribution is -0.128. The predicted molar refractivity (Wildman–Crippen MR) is 90.8 cm³/mol. The van der Waals surface area contributed by atoms with Gasteiger partial charge in [0.25, 0.3) is 5.91 Å². The molecule has 2 aromatic rings. The van der Waals surface area contributed by atoms with Crippen molar-refractivity contribution in [2.45, 2.75) is 26.3 Å². The highest BCUT2D eigenvalue weighted by Gasteiger charge is 2.33. The zero-order valence-electron chi connectivity index (χ0n) is 13.9. The molecular weight excluding hydrogens is 306 g/mol. The van der Waals surface area contributed by atoms with Gasteiger partial charge in [-0.2, -0.15) is 0 Å². The third-order valence-corrected chi connectivity index (χ3v) is 4.32. The second-order valence-electron chi connectivity index (χ2n) is 6.15. The summed E-state index contributed by atoms with van der Waals surface area (Å²) in [7, 11) is 0. The second kappa shape index (κ2) is 6.57. The third-order valence-electron chi connectivity index (χ3n) is 4.32. The van der Waals surface area contributed by atoms with Gasteiger partial charge < -0.3 is 15.3 Å². The standard InChI is InChI=1S/C18H21N3O3/c1-11-3-4-15-13(9-11)14(10-12(2)20-15)18(24)21-7-6-19-17(23)16(21)5-8-22/h3-4,9-10,16,22H,5-8H2,1-2H3,(H,19,23)/t16-/m1/s1. The van der Waals surface area contributed by atoms with Crippen LogP contribution in [0.3, 0.4) is 0 Å². The van der Waals surface area contributed by atoms with E-state index in [0.717, 1.165) is 22.2 Å². The van der Waals surface area contributed by atoms with E-state index in [-0.39, 0.29) is 24.8 Å². The second-order valence-corrected chi connectivity index (χ2v) is 6.15. The molecule has 0 aliphatic carbocycles. The summed E-state index contributed by atoms with van der Waals surface area (Å²) in [5, 5.41) is 12.8. The van der Waals surface area contributed by atoms with Crippen molar-refractivity contribution < 1.29 is 14.7 Å². The Morgan fingerprint density at radius 3 is 2.92 bits per heavy atom. The Hall–Kier alpha value is -2.47. The molecule has 126 valence electrons. The van der Waals surface area contributed by atoms with Crippen LogP contribution in [0.5, 0.6) is 0 Å². The first-order valence-corrected chi connectivity index (χ1v) is 8.09. The van der Waals surface area contributed by atoms with E-state index in [0.29, 0.717) is 18.7 Å². The number of piperazine rings is 1. The molecule has 1 saturated heterocycles. The van der Waals surface area contributed by atoms with Gasteiger partial charge in [-0.05, 0) is 38.5 Å². The lowest BCUT2D eigenvalue weighted by Gasteiger charge is -2.35. The normalized spacial score (nSPS) is 17.9. The molecular formula is C18H21N3O3. The van der Waals surface area contributed by atoms with Crippen molar-refractivity contribution in [3.8, 4) is 0 Å². The predicted octanol–water partition coefficient (Wildman–Crippen LogP) is 1.17. The van der Waals surface area contributed by atoms with Crippen molar-refractivity contribution in [2.75, 3.05) is 19.7 Å². The highest BCUT2D eigenvalue weighted by Crippen LogP contribution is 2.23. The van der Waals surface area contributed by atoms with Gasteiger partial charge in [-0.1, -0.05) is 11.6 Å². The zero-order valence-corrected chi connectivity index (χ0v) is 13.9. The Balaban J connectivity index is 2.07. The van der Waals surface area contributed by atoms with Gasteiger partial charge in [0.05, 0.1) is 11.1 Å². The molecule has 3 rings (SSSR count). The minimum atomic E-state index is -0.635. The number of nitrogens with zero attached hydrogens (tertiary/aromatic N) is 2. The van der Waals surface area contributed by atoms with E-state index in [4.69, 9.17) is 0 Å². The van der Waals surface area contributed by atoms with E-state index in [1.807, 2.05) is 32.0 Å². The third kappa shape index (κ3) is 2.97. The van der Waals surface area contributed by atoms with Gasteiger partial charge >= 0.3 is 0 Å². The van der Waals surface area contributed by atoms with E-state index >= 15 is 0 Å². The zero-order chi connectivity index (χ0) is 17.3. The lowest BCUT2D eigenvalue weighted by atomic mass is 10.0. The first kappa shape index (κ1) is 16.4. The fourth-order valence-corrected chi connectivity index (χ4v) is 3.17. The van der Waals surface area contributed by atoms with Crippen LogP contribution >= 0.6 is 0 Å². The molecule has 0 saturated carbocycles. The molecule has 1 aromatic carbocycles. The number of aliphatic hydroxyl groups excluding tert-OH is 1. The molecule has 1 atom stereocenters. The van der Waals surface area contributed by atoms with Crippen molar-refractivity contribution in [1.29, 1.82) is 0 Å². The molecule has 0 unspecified atom stereocenters. The molecule has 1 aliphatic heterocycles. The topological polar surface area (TPSA) is 82.5 Å². The van der Waals surface area contributed by atoms with Gasteiger partial charge in [-0.15, -0.1) is 0 Å². The number of hydrogen-bond donors (Lipinski definition) is 2. The van der Waals surface area contributed by atoms with Gasteiger partial charge in [0.1, 0.15) is 6.04 Å². The Bertz CT molecular complexity index is 803. The maximum Gasteiger partial charge on any atom is 0.255 e. The molecule has 0 bridgehead atoms. The molecule has 0 spiro atoms. The summed E-state index contributed by atoms with van der Waals surface area (Å²) >= 11 is 0. The minimum absolute atomic E-state index is 0.142. The van der Waals surface area contributed by atoms with E-state index in [9.17, 15) is 14.7 Å². The average molecular weight is 327 g/mol. The molecule has 24 heavy (non-hydrogen) atoms. The lowest BCUT2D eigenvalue weighted by Crippen LogP contribution is -2.57. The quantitative estimate of drug-likeness (QED) is 0.887. The number of aromatic nitrogens is 1. The van der Waals surface area contributed by atoms with Crippen LogP contribution in [0.25, 0.3) is 10.9 Å². The van der Waals surface area contributed by atoms with Crippen molar-refractivity contribution >= 4 is 22.7 Å². The fourth-order valence-electron chi connectivity index (χ4n) is 3.17. The Morgan fingerprint density at radius 1 is 1.38 bits per heavy atom. The molecule has 2 N–H and O–H groups in total. The summed E-state index contributed by atoms with van der Waals surface area (Å²) in [5.41, 5.74) is 3.13. The van der Waals surface area contributed by atoms with Gasteiger partial charge in [0.15, 0.2) is 0 Å². The summed E-state index contributed by atoms with van der Waals surface area (Å²) in [6.45, 7) is 4.54. The molecule has 6 heteroatoms. The highest BCUT2D eigenvalue weighted by molar-refractivity contribution is 6.07. The van der Waals surface area contributed by atoms with Crippen LogP contribution in [0.15, 0.2) is 24.3 Å². The summed E-state index contributed by atoms with van der Waals surface area (Å²) in [4.78, 5) is 31.3. The molecule has 1 aromatic heterocycles. The number of hydrogen-bond acceptors (Lipinski definition) is 4. The first-order valence-electron chi connectivity index (χ1n) is 8.09. The summed E-state index contributed by atoms with van der Waals surface area (Å²) < 4.78 is 0. The minimum Gasteiger partial charge on any atom is -0.396 e. The van der Waals surface area contributed by atoms with Crippen LogP contribution in [-0.4, -0.2) is 52.5 Å². The number of fused-ring (bicyclic) bond motifs is 1. The number of rotatable bonds is 3. The summed E-state index contributed by atoms with van der Waals surface area (Å²) in [6.07, 6.45) is 0.235. The SMILES string of the molecule is Cc1ccc2nc(C)cc(C(=O)N3CCNC(=O)[C@H]3CCO)c2c1. The molecule has 1 fully saturated rings. The monoisotopic (exact) mass is 327 g/mol. The number of benzene rings is 1. The van der Waals surface area contributed by atoms with Crippen molar-refractivity contribution in [2.24, 2.45) is 0 Å². The van der Waals surface area contributed by atoms with Gasteiger partial charge in [-0.25, -0.2) is 0 Å². The average Bonchev–Trinajstić information content (AvgIpc) is 2.56. The highest BCUT2D eigenvalue weighted by atomic mass is 16.3. The molecule has 6 nitrogen and oxygen atoms in total. The number of amides is 2. The number of aliphatic hydroxyl groups is 1. The maximum absolute atomic E-state index is 13.1. The van der Waals surface area contributed by atoms with E-state index in [1.165, 1.54) is 0 Å². The summed E-state index contributed by atoms with van der Waals surface area (Å²) in [5.74, 6) is -0.403. The molecule has 1 aliphatic rings. The Morgan fingerprint density at radius 2 is 2.17 bits per heavy atom. The Kier molecular flexibility index (Phi) is 4.49. The Labute approximate surface area is 140 Å². The number of pyridine rings is 1. The largest absolute Gasteiger partial charge is 0.396 e. The van der Waals surface area contributed by atoms with Crippen molar-refractivity contribution in [3.63, 3.8) is 0 Å². The van der Waals surface area contributed by atoms with Crippen LogP contribution < -0.4 is 5.32 Å². The smallest absolute Gasteiger partial charge is 0.255 e. The van der Waals surface area contributed by atoms with Crippen molar-refractivity contribution in [3.05, 3.63) is 41.1 Å². The first-order chi connectivity index (χ1) is 11.5. The van der Waals surface area contributed by atoms with E-state index < -0.39 is 6.04 Å².